The SMILES string of the molecule is C1CCCC1.C1CCCC1.C1CCCC1.C1CCCC1.[OH][Ti]([OH])([OH])[OH]. The Kier molecular flexibility index (Phi) is 19.7. The normalized spacial score (nSPS) is 21.6. The molecule has 0 radical (unpaired) electrons. The van der Waals surface area contributed by atoms with E-state index in [1.165, 1.54) is 128 Å². The molecule has 0 aliphatic heterocycles. The molecule has 4 rings (SSSR count). The van der Waals surface area contributed by atoms with Crippen LogP contribution in [0.1, 0.15) is 128 Å². The summed E-state index contributed by atoms with van der Waals surface area (Å²) < 4.78 is 29.5. The average molecular weight is 396 g/mol. The van der Waals surface area contributed by atoms with Gasteiger partial charge in [0.2, 0.25) is 0 Å². The second kappa shape index (κ2) is 19.3. The molecular weight excluding hydrogens is 352 g/mol. The quantitative estimate of drug-likeness (QED) is 0.404. The fourth-order valence-corrected chi connectivity index (χ4v) is 3.54. The molecule has 0 bridgehead atoms. The molecule has 4 saturated carbocycles. The molecule has 0 saturated heterocycles. The van der Waals surface area contributed by atoms with Crippen molar-refractivity contribution in [2.75, 3.05) is 0 Å². The average Bonchev–Trinajstić information content (AvgIpc) is 3.46. The summed E-state index contributed by atoms with van der Waals surface area (Å²) in [4.78, 5) is 0. The van der Waals surface area contributed by atoms with Crippen LogP contribution in [0.5, 0.6) is 0 Å². The van der Waals surface area contributed by atoms with Crippen LogP contribution in [0.15, 0.2) is 0 Å². The molecule has 0 atom stereocenters. The van der Waals surface area contributed by atoms with E-state index in [4.69, 9.17) is 14.8 Å². The van der Waals surface area contributed by atoms with Gasteiger partial charge in [0.15, 0.2) is 0 Å². The van der Waals surface area contributed by atoms with E-state index < -0.39 is 18.1 Å². The van der Waals surface area contributed by atoms with Crippen molar-refractivity contribution >= 4 is 0 Å². The van der Waals surface area contributed by atoms with Gasteiger partial charge in [-0.1, -0.05) is 128 Å². The van der Waals surface area contributed by atoms with E-state index in [9.17, 15) is 0 Å². The van der Waals surface area contributed by atoms with Crippen LogP contribution in [0.3, 0.4) is 0 Å². The summed E-state index contributed by atoms with van der Waals surface area (Å²) in [5.41, 5.74) is 0. The molecule has 0 aromatic heterocycles. The van der Waals surface area contributed by atoms with Crippen molar-refractivity contribution in [2.24, 2.45) is 0 Å². The molecular formula is C20H44O4Ti. The topological polar surface area (TPSA) is 80.9 Å². The summed E-state index contributed by atoms with van der Waals surface area (Å²) in [5.74, 6) is 0. The van der Waals surface area contributed by atoms with Gasteiger partial charge in [-0.25, -0.2) is 0 Å². The number of hydrogen-bond donors (Lipinski definition) is 4. The summed E-state index contributed by atoms with van der Waals surface area (Å²) in [7, 11) is 0. The van der Waals surface area contributed by atoms with Crippen molar-refractivity contribution in [3.8, 4) is 0 Å². The van der Waals surface area contributed by atoms with Gasteiger partial charge < -0.3 is 0 Å². The van der Waals surface area contributed by atoms with Crippen molar-refractivity contribution in [2.45, 2.75) is 128 Å². The molecule has 5 heteroatoms. The van der Waals surface area contributed by atoms with Gasteiger partial charge in [0.25, 0.3) is 0 Å². The first-order chi connectivity index (χ1) is 12.0. The van der Waals surface area contributed by atoms with Gasteiger partial charge in [-0.3, -0.25) is 0 Å². The second-order valence-corrected chi connectivity index (χ2v) is 9.54. The molecule has 25 heavy (non-hydrogen) atoms. The van der Waals surface area contributed by atoms with E-state index in [0.29, 0.717) is 0 Å². The predicted octanol–water partition coefficient (Wildman–Crippen LogP) is 5.57. The third-order valence-electron chi connectivity index (χ3n) is 5.00. The first kappa shape index (κ1) is 25.6. The van der Waals surface area contributed by atoms with E-state index in [0.717, 1.165) is 0 Å². The first-order valence-electron chi connectivity index (χ1n) is 10.9. The van der Waals surface area contributed by atoms with Crippen molar-refractivity contribution < 1.29 is 32.9 Å². The Morgan fingerprint density at radius 1 is 0.240 bits per heavy atom. The molecule has 4 aliphatic rings. The van der Waals surface area contributed by atoms with Crippen molar-refractivity contribution in [1.82, 2.24) is 0 Å². The fraction of sp³-hybridized carbons (Fsp3) is 1.00. The molecule has 0 aromatic rings. The Balaban J connectivity index is 0.000000288. The molecule has 4 aliphatic carbocycles. The van der Waals surface area contributed by atoms with Crippen molar-refractivity contribution in [3.63, 3.8) is 0 Å². The van der Waals surface area contributed by atoms with Crippen LogP contribution in [0.4, 0.5) is 0 Å². The third kappa shape index (κ3) is 29.6. The zero-order valence-electron chi connectivity index (χ0n) is 16.4. The maximum absolute atomic E-state index is 7.38. The Morgan fingerprint density at radius 3 is 0.320 bits per heavy atom. The third-order valence-corrected chi connectivity index (χ3v) is 5.00. The Bertz CT molecular complexity index is 164. The van der Waals surface area contributed by atoms with Crippen molar-refractivity contribution in [1.29, 1.82) is 0 Å². The van der Waals surface area contributed by atoms with Gasteiger partial charge in [0.05, 0.1) is 0 Å². The van der Waals surface area contributed by atoms with Crippen LogP contribution in [0.2, 0.25) is 0 Å². The summed E-state index contributed by atoms with van der Waals surface area (Å²) in [5, 5.41) is 0. The molecule has 0 unspecified atom stereocenters. The Labute approximate surface area is 161 Å². The second-order valence-electron chi connectivity index (χ2n) is 7.67. The molecule has 0 aromatic carbocycles. The van der Waals surface area contributed by atoms with E-state index in [-0.39, 0.29) is 0 Å². The van der Waals surface area contributed by atoms with Gasteiger partial charge in [0.1, 0.15) is 0 Å². The van der Waals surface area contributed by atoms with Crippen LogP contribution in [-0.2, 0) is 18.1 Å². The van der Waals surface area contributed by atoms with Gasteiger partial charge in [-0.2, -0.15) is 0 Å². The minimum absolute atomic E-state index is 1.50. The monoisotopic (exact) mass is 396 g/mol. The van der Waals surface area contributed by atoms with Gasteiger partial charge in [0, 0.05) is 0 Å². The predicted molar refractivity (Wildman–Crippen MR) is 101 cm³/mol. The number of hydrogen-bond acceptors (Lipinski definition) is 4. The van der Waals surface area contributed by atoms with E-state index in [2.05, 4.69) is 0 Å². The van der Waals surface area contributed by atoms with Crippen LogP contribution in [0.25, 0.3) is 0 Å². The standard InChI is InChI=1S/4C5H10.4H2O.Ti/c4*1-2-4-5-3-1;;;;;/h4*1-5H2;4*1H2;/q;;;;;;;;+4/p-4. The fourth-order valence-electron chi connectivity index (χ4n) is 3.54. The van der Waals surface area contributed by atoms with Gasteiger partial charge in [-0.15, -0.1) is 0 Å². The van der Waals surface area contributed by atoms with Gasteiger partial charge in [-0.05, 0) is 0 Å². The summed E-state index contributed by atoms with van der Waals surface area (Å²) in [6.45, 7) is 0. The molecule has 0 spiro atoms. The number of rotatable bonds is 0. The first-order valence-corrected chi connectivity index (χ1v) is 13.7. The summed E-state index contributed by atoms with van der Waals surface area (Å²) in [6, 6.07) is 0. The van der Waals surface area contributed by atoms with Crippen LogP contribution < -0.4 is 0 Å². The molecule has 4 nitrogen and oxygen atoms in total. The van der Waals surface area contributed by atoms with E-state index >= 15 is 0 Å². The zero-order chi connectivity index (χ0) is 18.6. The molecule has 0 amide bonds. The minimum atomic E-state index is -5.00. The molecule has 152 valence electrons. The van der Waals surface area contributed by atoms with Crippen LogP contribution >= 0.6 is 0 Å². The Hall–Kier alpha value is 0.554. The summed E-state index contributed by atoms with van der Waals surface area (Å²) >= 11 is -5.00. The van der Waals surface area contributed by atoms with Gasteiger partial charge >= 0.3 is 32.9 Å². The van der Waals surface area contributed by atoms with Crippen LogP contribution in [-0.4, -0.2) is 14.8 Å². The van der Waals surface area contributed by atoms with E-state index in [1.54, 1.807) is 0 Å². The van der Waals surface area contributed by atoms with Crippen LogP contribution in [0, 0.1) is 0 Å². The van der Waals surface area contributed by atoms with Crippen molar-refractivity contribution in [3.05, 3.63) is 0 Å². The maximum atomic E-state index is 7.38. The zero-order valence-corrected chi connectivity index (χ0v) is 18.0. The van der Waals surface area contributed by atoms with E-state index in [1.807, 2.05) is 0 Å². The Morgan fingerprint density at radius 2 is 0.280 bits per heavy atom. The summed E-state index contributed by atoms with van der Waals surface area (Å²) in [6.07, 6.45) is 30.0. The molecule has 0 heterocycles. The molecule has 4 fully saturated rings. The molecule has 4 N–H and O–H groups in total.